The molecule has 0 heterocycles. The second-order valence-corrected chi connectivity index (χ2v) is 5.33. The molecule has 0 saturated heterocycles. The molecular formula is C18H20O. The largest absolute Gasteiger partial charge is 0.493 e. The van der Waals surface area contributed by atoms with Crippen molar-refractivity contribution in [1.82, 2.24) is 0 Å². The second kappa shape index (κ2) is 5.48. The lowest BCUT2D eigenvalue weighted by atomic mass is 10.0. The molecule has 0 amide bonds. The summed E-state index contributed by atoms with van der Waals surface area (Å²) in [5, 5.41) is 0. The van der Waals surface area contributed by atoms with E-state index in [-0.39, 0.29) is 0 Å². The van der Waals surface area contributed by atoms with Crippen LogP contribution in [0, 0.1) is 5.92 Å². The normalized spacial score (nSPS) is 14.4. The highest BCUT2D eigenvalue weighted by Crippen LogP contribution is 2.30. The van der Waals surface area contributed by atoms with Crippen LogP contribution in [-0.4, -0.2) is 6.61 Å². The fraction of sp³-hybridized carbons (Fsp3) is 0.333. The summed E-state index contributed by atoms with van der Waals surface area (Å²) in [6.45, 7) is 3.06. The highest BCUT2D eigenvalue weighted by molar-refractivity contribution is 5.65. The molecule has 19 heavy (non-hydrogen) atoms. The van der Waals surface area contributed by atoms with Crippen LogP contribution in [0.25, 0.3) is 11.1 Å². The molecule has 0 spiro atoms. The maximum absolute atomic E-state index is 5.84. The van der Waals surface area contributed by atoms with Crippen molar-refractivity contribution in [2.75, 3.05) is 6.61 Å². The molecule has 0 aromatic heterocycles. The number of hydrogen-bond acceptors (Lipinski definition) is 1. The number of benzene rings is 2. The first kappa shape index (κ1) is 12.3. The molecule has 0 N–H and O–H groups in total. The van der Waals surface area contributed by atoms with Gasteiger partial charge in [0.1, 0.15) is 5.75 Å². The van der Waals surface area contributed by atoms with Gasteiger partial charge < -0.3 is 4.74 Å². The van der Waals surface area contributed by atoms with E-state index in [2.05, 4.69) is 49.4 Å². The minimum absolute atomic E-state index is 0.799. The molecule has 0 radical (unpaired) electrons. The van der Waals surface area contributed by atoms with E-state index in [1.807, 2.05) is 6.07 Å². The van der Waals surface area contributed by atoms with Crippen molar-refractivity contribution in [2.45, 2.75) is 26.2 Å². The van der Waals surface area contributed by atoms with Crippen LogP contribution in [0.2, 0.25) is 0 Å². The third-order valence-electron chi connectivity index (χ3n) is 3.71. The summed E-state index contributed by atoms with van der Waals surface area (Å²) < 4.78 is 5.84. The first-order valence-corrected chi connectivity index (χ1v) is 7.17. The Morgan fingerprint density at radius 3 is 2.47 bits per heavy atom. The molecule has 1 aliphatic rings. The van der Waals surface area contributed by atoms with Gasteiger partial charge >= 0.3 is 0 Å². The number of aryl methyl sites for hydroxylation is 1. The number of hydrogen-bond donors (Lipinski definition) is 0. The Morgan fingerprint density at radius 1 is 1.00 bits per heavy atom. The van der Waals surface area contributed by atoms with Crippen LogP contribution in [0.3, 0.4) is 0 Å². The van der Waals surface area contributed by atoms with Gasteiger partial charge in [-0.05, 0) is 54.0 Å². The fourth-order valence-corrected chi connectivity index (χ4v) is 2.20. The van der Waals surface area contributed by atoms with Gasteiger partial charge in [0.15, 0.2) is 0 Å². The highest BCUT2D eigenvalue weighted by atomic mass is 16.5. The zero-order valence-corrected chi connectivity index (χ0v) is 11.4. The molecule has 2 aromatic carbocycles. The Bertz CT molecular complexity index is 538. The van der Waals surface area contributed by atoms with E-state index in [1.54, 1.807) is 0 Å². The van der Waals surface area contributed by atoms with Crippen molar-refractivity contribution >= 4 is 0 Å². The molecule has 0 atom stereocenters. The molecule has 0 aliphatic heterocycles. The summed E-state index contributed by atoms with van der Waals surface area (Å²) in [5.74, 6) is 1.79. The Balaban J connectivity index is 1.76. The van der Waals surface area contributed by atoms with Gasteiger partial charge in [0.2, 0.25) is 0 Å². The third kappa shape index (κ3) is 3.17. The Hall–Kier alpha value is -1.76. The molecule has 0 bridgehead atoms. The van der Waals surface area contributed by atoms with Crippen molar-refractivity contribution in [3.63, 3.8) is 0 Å². The summed E-state index contributed by atoms with van der Waals surface area (Å²) in [4.78, 5) is 0. The summed E-state index contributed by atoms with van der Waals surface area (Å²) in [7, 11) is 0. The van der Waals surface area contributed by atoms with Gasteiger partial charge in [-0.1, -0.05) is 43.3 Å². The van der Waals surface area contributed by atoms with Gasteiger partial charge in [0, 0.05) is 0 Å². The van der Waals surface area contributed by atoms with Crippen LogP contribution >= 0.6 is 0 Å². The van der Waals surface area contributed by atoms with E-state index in [4.69, 9.17) is 4.74 Å². The van der Waals surface area contributed by atoms with Crippen molar-refractivity contribution < 1.29 is 4.74 Å². The van der Waals surface area contributed by atoms with Crippen LogP contribution in [0.15, 0.2) is 48.5 Å². The molecule has 1 heteroatoms. The summed E-state index contributed by atoms with van der Waals surface area (Å²) >= 11 is 0. The average Bonchev–Trinajstić information content (AvgIpc) is 3.30. The molecule has 2 aromatic rings. The minimum atomic E-state index is 0.799. The molecule has 0 unspecified atom stereocenters. The van der Waals surface area contributed by atoms with Gasteiger partial charge in [-0.25, -0.2) is 0 Å². The van der Waals surface area contributed by atoms with Crippen LogP contribution in [0.4, 0.5) is 0 Å². The third-order valence-corrected chi connectivity index (χ3v) is 3.71. The predicted octanol–water partition coefficient (Wildman–Crippen LogP) is 4.70. The van der Waals surface area contributed by atoms with Crippen molar-refractivity contribution in [3.8, 4) is 16.9 Å². The zero-order valence-electron chi connectivity index (χ0n) is 11.4. The minimum Gasteiger partial charge on any atom is -0.493 e. The summed E-state index contributed by atoms with van der Waals surface area (Å²) in [6, 6.07) is 17.2. The SMILES string of the molecule is CCc1ccc(-c2cccc(OCC3CC3)c2)cc1. The first-order valence-electron chi connectivity index (χ1n) is 7.17. The smallest absolute Gasteiger partial charge is 0.119 e. The quantitative estimate of drug-likeness (QED) is 0.749. The Kier molecular flexibility index (Phi) is 3.54. The topological polar surface area (TPSA) is 9.23 Å². The van der Waals surface area contributed by atoms with E-state index in [0.29, 0.717) is 0 Å². The number of ether oxygens (including phenoxy) is 1. The van der Waals surface area contributed by atoms with Crippen LogP contribution in [-0.2, 0) is 6.42 Å². The van der Waals surface area contributed by atoms with Crippen LogP contribution in [0.5, 0.6) is 5.75 Å². The maximum Gasteiger partial charge on any atom is 0.119 e. The standard InChI is InChI=1S/C18H20O/c1-2-14-8-10-16(11-9-14)17-4-3-5-18(12-17)19-13-15-6-7-15/h3-5,8-12,15H,2,6-7,13H2,1H3. The van der Waals surface area contributed by atoms with E-state index in [0.717, 1.165) is 24.7 Å². The molecular weight excluding hydrogens is 232 g/mol. The zero-order chi connectivity index (χ0) is 13.1. The van der Waals surface area contributed by atoms with Crippen molar-refractivity contribution in [3.05, 3.63) is 54.1 Å². The molecule has 3 rings (SSSR count). The molecule has 1 saturated carbocycles. The Labute approximate surface area is 115 Å². The lowest BCUT2D eigenvalue weighted by Gasteiger charge is -2.08. The monoisotopic (exact) mass is 252 g/mol. The fourth-order valence-electron chi connectivity index (χ4n) is 2.20. The van der Waals surface area contributed by atoms with Gasteiger partial charge in [-0.3, -0.25) is 0 Å². The number of rotatable bonds is 5. The first-order chi connectivity index (χ1) is 9.35. The lowest BCUT2D eigenvalue weighted by Crippen LogP contribution is -1.98. The second-order valence-electron chi connectivity index (χ2n) is 5.33. The molecule has 1 fully saturated rings. The summed E-state index contributed by atoms with van der Waals surface area (Å²) in [6.07, 6.45) is 3.75. The molecule has 98 valence electrons. The van der Waals surface area contributed by atoms with Crippen molar-refractivity contribution in [2.24, 2.45) is 5.92 Å². The maximum atomic E-state index is 5.84. The lowest BCUT2D eigenvalue weighted by molar-refractivity contribution is 0.300. The van der Waals surface area contributed by atoms with Gasteiger partial charge in [-0.15, -0.1) is 0 Å². The average molecular weight is 252 g/mol. The van der Waals surface area contributed by atoms with Gasteiger partial charge in [0.25, 0.3) is 0 Å². The van der Waals surface area contributed by atoms with Gasteiger partial charge in [-0.2, -0.15) is 0 Å². The van der Waals surface area contributed by atoms with E-state index >= 15 is 0 Å². The van der Waals surface area contributed by atoms with Crippen LogP contribution < -0.4 is 4.74 Å². The van der Waals surface area contributed by atoms with E-state index in [9.17, 15) is 0 Å². The van der Waals surface area contributed by atoms with Crippen LogP contribution in [0.1, 0.15) is 25.3 Å². The Morgan fingerprint density at radius 2 is 1.79 bits per heavy atom. The summed E-state index contributed by atoms with van der Waals surface area (Å²) in [5.41, 5.74) is 3.87. The molecule has 1 nitrogen and oxygen atoms in total. The van der Waals surface area contributed by atoms with E-state index in [1.165, 1.54) is 29.5 Å². The molecule has 1 aliphatic carbocycles. The predicted molar refractivity (Wildman–Crippen MR) is 79.5 cm³/mol. The van der Waals surface area contributed by atoms with Gasteiger partial charge in [0.05, 0.1) is 6.61 Å². The van der Waals surface area contributed by atoms with E-state index < -0.39 is 0 Å². The highest BCUT2D eigenvalue weighted by Gasteiger charge is 2.21. The van der Waals surface area contributed by atoms with Crippen molar-refractivity contribution in [1.29, 1.82) is 0 Å².